The summed E-state index contributed by atoms with van der Waals surface area (Å²) >= 11 is 0. The van der Waals surface area contributed by atoms with E-state index >= 15 is 0 Å². The molecule has 26 heavy (non-hydrogen) atoms. The number of hydrogen-bond donors (Lipinski definition) is 0. The van der Waals surface area contributed by atoms with Crippen LogP contribution < -0.4 is 4.90 Å². The van der Waals surface area contributed by atoms with Crippen molar-refractivity contribution < 1.29 is 27.1 Å². The van der Waals surface area contributed by atoms with Gasteiger partial charge in [0.15, 0.2) is 11.6 Å². The molecule has 2 aliphatic rings. The second-order valence-electron chi connectivity index (χ2n) is 7.70. The molecule has 0 radical (unpaired) electrons. The number of amides is 1. The first-order chi connectivity index (χ1) is 12.0. The van der Waals surface area contributed by atoms with Gasteiger partial charge in [-0.15, -0.1) is 0 Å². The summed E-state index contributed by atoms with van der Waals surface area (Å²) in [4.78, 5) is 19.4. The lowest BCUT2D eigenvalue weighted by atomic mass is 10.1. The van der Waals surface area contributed by atoms with E-state index in [0.717, 1.165) is 12.8 Å². The van der Waals surface area contributed by atoms with Crippen molar-refractivity contribution in [2.24, 2.45) is 0 Å². The highest BCUT2D eigenvalue weighted by Gasteiger charge is 2.45. The van der Waals surface area contributed by atoms with E-state index in [4.69, 9.17) is 4.74 Å². The number of nitrogens with zero attached hydrogens (tertiary/aromatic N) is 3. The lowest BCUT2D eigenvalue weighted by molar-refractivity contribution is -0.138. The van der Waals surface area contributed by atoms with E-state index < -0.39 is 29.3 Å². The van der Waals surface area contributed by atoms with E-state index in [1.54, 1.807) is 30.6 Å². The summed E-state index contributed by atoms with van der Waals surface area (Å²) < 4.78 is 57.7. The maximum Gasteiger partial charge on any atom is 0.417 e. The zero-order valence-electron chi connectivity index (χ0n) is 14.8. The Morgan fingerprint density at radius 1 is 1.19 bits per heavy atom. The third-order valence-corrected chi connectivity index (χ3v) is 4.54. The highest BCUT2D eigenvalue weighted by atomic mass is 19.4. The summed E-state index contributed by atoms with van der Waals surface area (Å²) in [6, 6.07) is 0.115. The number of rotatable bonds is 1. The van der Waals surface area contributed by atoms with Gasteiger partial charge >= 0.3 is 12.3 Å². The molecule has 0 spiro atoms. The molecule has 0 aliphatic carbocycles. The minimum atomic E-state index is -4.64. The molecule has 5 nitrogen and oxygen atoms in total. The van der Waals surface area contributed by atoms with Crippen LogP contribution in [0.15, 0.2) is 12.3 Å². The molecule has 0 aromatic carbocycles. The number of piperazine rings is 1. The van der Waals surface area contributed by atoms with Gasteiger partial charge < -0.3 is 9.64 Å². The summed E-state index contributed by atoms with van der Waals surface area (Å²) in [5.41, 5.74) is -1.73. The van der Waals surface area contributed by atoms with Crippen LogP contribution in [0.25, 0.3) is 0 Å². The number of hydrogen-bond acceptors (Lipinski definition) is 4. The number of carbonyl (C=O) groups is 1. The molecule has 144 valence electrons. The first kappa shape index (κ1) is 18.7. The molecule has 2 saturated heterocycles. The van der Waals surface area contributed by atoms with Crippen molar-refractivity contribution >= 4 is 11.9 Å². The van der Waals surface area contributed by atoms with Crippen molar-refractivity contribution in [3.05, 3.63) is 23.6 Å². The Morgan fingerprint density at radius 2 is 1.77 bits per heavy atom. The SMILES string of the molecule is CC(C)(C)OC(=O)N1C2CCC1CN(c1ncc(C(F)(F)F)cc1F)C2. The molecule has 0 saturated carbocycles. The predicted octanol–water partition coefficient (Wildman–Crippen LogP) is 3.83. The van der Waals surface area contributed by atoms with Crippen LogP contribution in [-0.4, -0.2) is 46.8 Å². The third kappa shape index (κ3) is 3.71. The maximum atomic E-state index is 14.2. The normalized spacial score (nSPS) is 23.3. The van der Waals surface area contributed by atoms with E-state index in [1.165, 1.54) is 0 Å². The van der Waals surface area contributed by atoms with E-state index in [9.17, 15) is 22.4 Å². The van der Waals surface area contributed by atoms with Crippen molar-refractivity contribution in [2.75, 3.05) is 18.0 Å². The van der Waals surface area contributed by atoms with Gasteiger partial charge in [-0.05, 0) is 39.7 Å². The highest BCUT2D eigenvalue weighted by molar-refractivity contribution is 5.70. The first-order valence-corrected chi connectivity index (χ1v) is 8.45. The molecule has 1 aromatic rings. The van der Waals surface area contributed by atoms with Crippen molar-refractivity contribution in [3.8, 4) is 0 Å². The van der Waals surface area contributed by atoms with Crippen LogP contribution >= 0.6 is 0 Å². The second kappa shape index (κ2) is 6.28. The Labute approximate surface area is 148 Å². The summed E-state index contributed by atoms with van der Waals surface area (Å²) in [5, 5.41) is 0. The number of alkyl halides is 3. The van der Waals surface area contributed by atoms with E-state index in [1.807, 2.05) is 0 Å². The summed E-state index contributed by atoms with van der Waals surface area (Å²) in [6.45, 7) is 5.97. The Morgan fingerprint density at radius 3 is 2.23 bits per heavy atom. The summed E-state index contributed by atoms with van der Waals surface area (Å²) in [7, 11) is 0. The van der Waals surface area contributed by atoms with Crippen LogP contribution in [0.4, 0.5) is 28.2 Å². The molecule has 3 rings (SSSR count). The summed E-state index contributed by atoms with van der Waals surface area (Å²) in [5.74, 6) is -1.12. The van der Waals surface area contributed by atoms with Gasteiger partial charge in [0.05, 0.1) is 17.6 Å². The smallest absolute Gasteiger partial charge is 0.417 e. The molecule has 1 amide bonds. The molecule has 1 aromatic heterocycles. The van der Waals surface area contributed by atoms with Crippen LogP contribution in [0.3, 0.4) is 0 Å². The van der Waals surface area contributed by atoms with Crippen LogP contribution in [-0.2, 0) is 10.9 Å². The van der Waals surface area contributed by atoms with Crippen LogP contribution in [0, 0.1) is 5.82 Å². The lowest BCUT2D eigenvalue weighted by Gasteiger charge is -2.41. The largest absolute Gasteiger partial charge is 0.444 e. The minimum absolute atomic E-state index is 0.112. The third-order valence-electron chi connectivity index (χ3n) is 4.54. The van der Waals surface area contributed by atoms with E-state index in [0.29, 0.717) is 25.4 Å². The number of pyridine rings is 1. The lowest BCUT2D eigenvalue weighted by Crippen LogP contribution is -2.57. The van der Waals surface area contributed by atoms with Gasteiger partial charge in [-0.25, -0.2) is 14.2 Å². The quantitative estimate of drug-likeness (QED) is 0.700. The van der Waals surface area contributed by atoms with Gasteiger partial charge in [-0.3, -0.25) is 4.90 Å². The number of ether oxygens (including phenoxy) is 1. The van der Waals surface area contributed by atoms with Gasteiger partial charge in [0.1, 0.15) is 5.60 Å². The van der Waals surface area contributed by atoms with Crippen LogP contribution in [0.1, 0.15) is 39.2 Å². The van der Waals surface area contributed by atoms with Gasteiger partial charge in [-0.1, -0.05) is 0 Å². The monoisotopic (exact) mass is 375 g/mol. The molecule has 9 heteroatoms. The Bertz CT molecular complexity index is 688. The first-order valence-electron chi connectivity index (χ1n) is 8.45. The van der Waals surface area contributed by atoms with Crippen LogP contribution in [0.2, 0.25) is 0 Å². The molecular formula is C17H21F4N3O2. The molecule has 2 unspecified atom stereocenters. The van der Waals surface area contributed by atoms with E-state index in [2.05, 4.69) is 4.98 Å². The van der Waals surface area contributed by atoms with Gasteiger partial charge in [-0.2, -0.15) is 13.2 Å². The Balaban J connectivity index is 1.76. The average Bonchev–Trinajstić information content (AvgIpc) is 2.75. The topological polar surface area (TPSA) is 45.7 Å². The number of halogens is 4. The number of anilines is 1. The second-order valence-corrected chi connectivity index (χ2v) is 7.70. The van der Waals surface area contributed by atoms with Gasteiger partial charge in [0, 0.05) is 19.3 Å². The fourth-order valence-corrected chi connectivity index (χ4v) is 3.51. The van der Waals surface area contributed by atoms with Gasteiger partial charge in [0.2, 0.25) is 0 Å². The number of fused-ring (bicyclic) bond motifs is 2. The molecule has 2 aliphatic heterocycles. The molecule has 0 N–H and O–H groups in total. The van der Waals surface area contributed by atoms with Crippen molar-refractivity contribution in [2.45, 2.75) is 57.5 Å². The number of carbonyl (C=O) groups excluding carboxylic acids is 1. The molecule has 3 heterocycles. The molecular weight excluding hydrogens is 354 g/mol. The fourth-order valence-electron chi connectivity index (χ4n) is 3.51. The standard InChI is InChI=1S/C17H21F4N3O2/c1-16(2,3)26-15(25)24-11-4-5-12(24)9-23(8-11)14-13(18)6-10(7-22-14)17(19,20)21/h6-7,11-12H,4-5,8-9H2,1-3H3. The van der Waals surface area contributed by atoms with Crippen molar-refractivity contribution in [1.82, 2.24) is 9.88 Å². The Hall–Kier alpha value is -2.06. The van der Waals surface area contributed by atoms with Crippen molar-refractivity contribution in [3.63, 3.8) is 0 Å². The summed E-state index contributed by atoms with van der Waals surface area (Å²) in [6.07, 6.45) is -2.93. The molecule has 2 atom stereocenters. The predicted molar refractivity (Wildman–Crippen MR) is 86.3 cm³/mol. The Kier molecular flexibility index (Phi) is 4.52. The number of aromatic nitrogens is 1. The van der Waals surface area contributed by atoms with Crippen LogP contribution in [0.5, 0.6) is 0 Å². The molecule has 2 fully saturated rings. The highest BCUT2D eigenvalue weighted by Crippen LogP contribution is 2.35. The van der Waals surface area contributed by atoms with Gasteiger partial charge in [0.25, 0.3) is 0 Å². The maximum absolute atomic E-state index is 14.2. The average molecular weight is 375 g/mol. The molecule has 2 bridgehead atoms. The zero-order valence-corrected chi connectivity index (χ0v) is 14.8. The zero-order chi connectivity index (χ0) is 19.3. The van der Waals surface area contributed by atoms with Crippen molar-refractivity contribution in [1.29, 1.82) is 0 Å². The van der Waals surface area contributed by atoms with E-state index in [-0.39, 0.29) is 17.9 Å². The minimum Gasteiger partial charge on any atom is -0.444 e. The fraction of sp³-hybridized carbons (Fsp3) is 0.647.